The van der Waals surface area contributed by atoms with Crippen LogP contribution in [0, 0.1) is 0 Å². The fraction of sp³-hybridized carbons (Fsp3) is 0.250. The molecule has 0 saturated carbocycles. The van der Waals surface area contributed by atoms with Gasteiger partial charge in [0.05, 0.1) is 6.10 Å². The summed E-state index contributed by atoms with van der Waals surface area (Å²) >= 11 is 5.07. The lowest BCUT2D eigenvalue weighted by Gasteiger charge is -2.20. The summed E-state index contributed by atoms with van der Waals surface area (Å²) in [5, 5.41) is 10.3. The Morgan fingerprint density at radius 3 is 2.71 bits per heavy atom. The van der Waals surface area contributed by atoms with Gasteiger partial charge in [-0.25, -0.2) is 0 Å². The van der Waals surface area contributed by atoms with Crippen LogP contribution in [0.2, 0.25) is 0 Å². The zero-order chi connectivity index (χ0) is 14.7. The van der Waals surface area contributed by atoms with Crippen molar-refractivity contribution in [3.8, 4) is 11.5 Å². The Bertz CT molecular complexity index is 633. The van der Waals surface area contributed by atoms with Crippen molar-refractivity contribution >= 4 is 27.7 Å². The maximum atomic E-state index is 10.3. The molecule has 1 unspecified atom stereocenters. The van der Waals surface area contributed by atoms with Crippen molar-refractivity contribution in [1.29, 1.82) is 0 Å². The van der Waals surface area contributed by atoms with Crippen LogP contribution >= 0.6 is 27.7 Å². The minimum absolute atomic E-state index is 0.537. The Kier molecular flexibility index (Phi) is 4.73. The molecule has 0 bridgehead atoms. The monoisotopic (exact) mass is 366 g/mol. The van der Waals surface area contributed by atoms with Gasteiger partial charge < -0.3 is 14.6 Å². The van der Waals surface area contributed by atoms with Crippen molar-refractivity contribution in [2.45, 2.75) is 11.0 Å². The summed E-state index contributed by atoms with van der Waals surface area (Å²) in [5.41, 5.74) is 0.849. The van der Waals surface area contributed by atoms with Crippen molar-refractivity contribution in [3.63, 3.8) is 0 Å². The summed E-state index contributed by atoms with van der Waals surface area (Å²) in [4.78, 5) is 1.13. The van der Waals surface area contributed by atoms with Gasteiger partial charge >= 0.3 is 0 Å². The Morgan fingerprint density at radius 1 is 1.10 bits per heavy atom. The van der Waals surface area contributed by atoms with Gasteiger partial charge in [0.25, 0.3) is 0 Å². The molecule has 0 saturated heterocycles. The van der Waals surface area contributed by atoms with E-state index >= 15 is 0 Å². The predicted octanol–water partition coefficient (Wildman–Crippen LogP) is 4.05. The van der Waals surface area contributed by atoms with E-state index in [1.807, 2.05) is 42.5 Å². The van der Waals surface area contributed by atoms with Gasteiger partial charge in [-0.1, -0.05) is 28.1 Å². The van der Waals surface area contributed by atoms with Gasteiger partial charge in [-0.15, -0.1) is 11.8 Å². The number of hydrogen-bond acceptors (Lipinski definition) is 4. The molecule has 0 spiro atoms. The van der Waals surface area contributed by atoms with Crippen LogP contribution in [-0.4, -0.2) is 24.1 Å². The second-order valence-electron chi connectivity index (χ2n) is 4.69. The maximum absolute atomic E-state index is 10.3. The molecule has 0 amide bonds. The summed E-state index contributed by atoms with van der Waals surface area (Å²) in [7, 11) is 0. The van der Waals surface area contributed by atoms with Crippen molar-refractivity contribution < 1.29 is 14.6 Å². The molecule has 2 aromatic carbocycles. The number of hydrogen-bond donors (Lipinski definition) is 1. The van der Waals surface area contributed by atoms with E-state index in [2.05, 4.69) is 15.9 Å². The number of aliphatic hydroxyl groups excluding tert-OH is 1. The van der Waals surface area contributed by atoms with Gasteiger partial charge in [0.15, 0.2) is 11.5 Å². The number of fused-ring (bicyclic) bond motifs is 1. The Labute approximate surface area is 136 Å². The number of aliphatic hydroxyl groups is 1. The van der Waals surface area contributed by atoms with Crippen LogP contribution in [0.4, 0.5) is 0 Å². The van der Waals surface area contributed by atoms with Gasteiger partial charge in [0.1, 0.15) is 13.2 Å². The fourth-order valence-electron chi connectivity index (χ4n) is 2.10. The van der Waals surface area contributed by atoms with E-state index in [1.54, 1.807) is 11.8 Å². The van der Waals surface area contributed by atoms with E-state index in [9.17, 15) is 5.11 Å². The average Bonchev–Trinajstić information content (AvgIpc) is 2.52. The highest BCUT2D eigenvalue weighted by atomic mass is 79.9. The first-order valence-corrected chi connectivity index (χ1v) is 8.46. The molecule has 1 heterocycles. The maximum Gasteiger partial charge on any atom is 0.161 e. The van der Waals surface area contributed by atoms with Crippen molar-refractivity contribution in [3.05, 3.63) is 52.5 Å². The Hall–Kier alpha value is -1.17. The highest BCUT2D eigenvalue weighted by Gasteiger charge is 2.15. The molecule has 110 valence electrons. The Morgan fingerprint density at radius 2 is 1.90 bits per heavy atom. The third-order valence-electron chi connectivity index (χ3n) is 3.15. The number of rotatable bonds is 4. The number of benzene rings is 2. The normalized spacial score (nSPS) is 14.8. The number of halogens is 1. The lowest BCUT2D eigenvalue weighted by Crippen LogP contribution is -2.15. The quantitative estimate of drug-likeness (QED) is 0.828. The molecule has 0 aromatic heterocycles. The van der Waals surface area contributed by atoms with Crippen LogP contribution in [0.5, 0.6) is 11.5 Å². The van der Waals surface area contributed by atoms with Gasteiger partial charge in [0, 0.05) is 15.1 Å². The van der Waals surface area contributed by atoms with Gasteiger partial charge in [-0.2, -0.15) is 0 Å². The molecular weight excluding hydrogens is 352 g/mol. The topological polar surface area (TPSA) is 38.7 Å². The average molecular weight is 367 g/mol. The summed E-state index contributed by atoms with van der Waals surface area (Å²) in [6.45, 7) is 1.13. The molecule has 1 aliphatic heterocycles. The first-order valence-electron chi connectivity index (χ1n) is 6.68. The molecule has 5 heteroatoms. The SMILES string of the molecule is OC(CSc1cccc(Br)c1)c1ccc2c(c1)OCCO2. The van der Waals surface area contributed by atoms with Crippen LogP contribution in [0.15, 0.2) is 51.8 Å². The highest BCUT2D eigenvalue weighted by Crippen LogP contribution is 2.34. The molecule has 0 aliphatic carbocycles. The smallest absolute Gasteiger partial charge is 0.161 e. The summed E-state index contributed by atoms with van der Waals surface area (Å²) in [6.07, 6.45) is -0.537. The summed E-state index contributed by atoms with van der Waals surface area (Å²) < 4.78 is 12.1. The molecule has 2 aromatic rings. The van der Waals surface area contributed by atoms with E-state index < -0.39 is 6.10 Å². The van der Waals surface area contributed by atoms with Crippen LogP contribution in [0.3, 0.4) is 0 Å². The van der Waals surface area contributed by atoms with E-state index in [0.717, 1.165) is 20.7 Å². The molecular formula is C16H15BrO3S. The molecule has 21 heavy (non-hydrogen) atoms. The number of ether oxygens (including phenoxy) is 2. The zero-order valence-corrected chi connectivity index (χ0v) is 13.7. The van der Waals surface area contributed by atoms with Crippen molar-refractivity contribution in [1.82, 2.24) is 0 Å². The first-order chi connectivity index (χ1) is 10.2. The standard InChI is InChI=1S/C16H15BrO3S/c17-12-2-1-3-13(9-12)21-10-14(18)11-4-5-15-16(8-11)20-7-6-19-15/h1-5,8-9,14,18H,6-7,10H2. The largest absolute Gasteiger partial charge is 0.486 e. The third kappa shape index (κ3) is 3.73. The van der Waals surface area contributed by atoms with Crippen LogP contribution in [0.1, 0.15) is 11.7 Å². The summed E-state index contributed by atoms with van der Waals surface area (Å²) in [6, 6.07) is 13.7. The van der Waals surface area contributed by atoms with Gasteiger partial charge in [-0.3, -0.25) is 0 Å². The minimum Gasteiger partial charge on any atom is -0.486 e. The molecule has 1 atom stereocenters. The van der Waals surface area contributed by atoms with Crippen molar-refractivity contribution in [2.24, 2.45) is 0 Å². The first kappa shape index (κ1) is 14.8. The van der Waals surface area contributed by atoms with E-state index in [-0.39, 0.29) is 0 Å². The second-order valence-corrected chi connectivity index (χ2v) is 6.70. The lowest BCUT2D eigenvalue weighted by molar-refractivity contribution is 0.169. The zero-order valence-electron chi connectivity index (χ0n) is 11.3. The molecule has 0 radical (unpaired) electrons. The van der Waals surface area contributed by atoms with E-state index in [1.165, 1.54) is 0 Å². The predicted molar refractivity (Wildman–Crippen MR) is 87.3 cm³/mol. The Balaban J connectivity index is 1.66. The highest BCUT2D eigenvalue weighted by molar-refractivity contribution is 9.10. The van der Waals surface area contributed by atoms with Crippen LogP contribution in [0.25, 0.3) is 0 Å². The van der Waals surface area contributed by atoms with Gasteiger partial charge in [-0.05, 0) is 35.9 Å². The fourth-order valence-corrected chi connectivity index (χ4v) is 3.57. The lowest BCUT2D eigenvalue weighted by atomic mass is 10.1. The molecule has 1 N–H and O–H groups in total. The summed E-state index contributed by atoms with van der Waals surface area (Å²) in [5.74, 6) is 2.05. The molecule has 3 rings (SSSR count). The second kappa shape index (κ2) is 6.73. The molecule has 0 fully saturated rings. The molecule has 1 aliphatic rings. The molecule has 3 nitrogen and oxygen atoms in total. The van der Waals surface area contributed by atoms with Crippen molar-refractivity contribution in [2.75, 3.05) is 19.0 Å². The number of thioether (sulfide) groups is 1. The van der Waals surface area contributed by atoms with E-state index in [4.69, 9.17) is 9.47 Å². The third-order valence-corrected chi connectivity index (χ3v) is 4.72. The van der Waals surface area contributed by atoms with Crippen LogP contribution < -0.4 is 9.47 Å². The van der Waals surface area contributed by atoms with Crippen LogP contribution in [-0.2, 0) is 0 Å². The minimum atomic E-state index is -0.537. The van der Waals surface area contributed by atoms with Gasteiger partial charge in [0.2, 0.25) is 0 Å². The van der Waals surface area contributed by atoms with E-state index in [0.29, 0.717) is 24.7 Å².